The van der Waals surface area contributed by atoms with Crippen molar-refractivity contribution in [3.63, 3.8) is 0 Å². The van der Waals surface area contributed by atoms with Gasteiger partial charge in [-0.25, -0.2) is 0 Å². The van der Waals surface area contributed by atoms with Gasteiger partial charge >= 0.3 is 0 Å². The molecule has 118 valence electrons. The highest BCUT2D eigenvalue weighted by molar-refractivity contribution is 6.30. The predicted octanol–water partition coefficient (Wildman–Crippen LogP) is 3.14. The van der Waals surface area contributed by atoms with Crippen molar-refractivity contribution >= 4 is 11.6 Å². The summed E-state index contributed by atoms with van der Waals surface area (Å²) >= 11 is 6.16. The number of benzene rings is 1. The smallest absolute Gasteiger partial charge is 0.0496 e. The molecule has 1 saturated heterocycles. The lowest BCUT2D eigenvalue weighted by Crippen LogP contribution is -2.48. The lowest BCUT2D eigenvalue weighted by Gasteiger charge is -2.41. The first kappa shape index (κ1) is 16.8. The molecule has 0 saturated carbocycles. The zero-order valence-corrected chi connectivity index (χ0v) is 14.2. The van der Waals surface area contributed by atoms with Crippen LogP contribution in [0.4, 0.5) is 0 Å². The molecule has 0 spiro atoms. The van der Waals surface area contributed by atoms with Crippen molar-refractivity contribution in [2.75, 3.05) is 26.7 Å². The normalized spacial score (nSPS) is 20.7. The molecule has 4 heteroatoms. The summed E-state index contributed by atoms with van der Waals surface area (Å²) < 4.78 is 0. The molecule has 2 N–H and O–H groups in total. The van der Waals surface area contributed by atoms with Crippen molar-refractivity contribution < 1.29 is 0 Å². The van der Waals surface area contributed by atoms with E-state index >= 15 is 0 Å². The van der Waals surface area contributed by atoms with Crippen molar-refractivity contribution in [1.82, 2.24) is 9.80 Å². The molecular formula is C17H28ClN3. The van der Waals surface area contributed by atoms with Gasteiger partial charge in [-0.05, 0) is 64.1 Å². The summed E-state index contributed by atoms with van der Waals surface area (Å²) in [5, 5.41) is 0.785. The van der Waals surface area contributed by atoms with E-state index in [-0.39, 0.29) is 12.1 Å². The molecule has 1 aliphatic rings. The second-order valence-corrected chi connectivity index (χ2v) is 6.63. The van der Waals surface area contributed by atoms with Gasteiger partial charge in [0.05, 0.1) is 0 Å². The number of nitrogens with zero attached hydrogens (tertiary/aromatic N) is 2. The number of likely N-dealkylation sites (tertiary alicyclic amines) is 1. The lowest BCUT2D eigenvalue weighted by molar-refractivity contribution is 0.0896. The number of likely N-dealkylation sites (N-methyl/N-ethyl adjacent to an activating group) is 1. The van der Waals surface area contributed by atoms with Gasteiger partial charge in [-0.15, -0.1) is 0 Å². The third-order valence-electron chi connectivity index (χ3n) is 4.71. The maximum Gasteiger partial charge on any atom is 0.0496 e. The van der Waals surface area contributed by atoms with E-state index in [1.807, 2.05) is 18.2 Å². The summed E-state index contributed by atoms with van der Waals surface area (Å²) in [4.78, 5) is 4.98. The van der Waals surface area contributed by atoms with Gasteiger partial charge in [0.25, 0.3) is 0 Å². The molecule has 0 radical (unpaired) electrons. The molecule has 21 heavy (non-hydrogen) atoms. The van der Waals surface area contributed by atoms with Crippen molar-refractivity contribution in [2.45, 2.75) is 44.8 Å². The Morgan fingerprint density at radius 3 is 2.57 bits per heavy atom. The van der Waals surface area contributed by atoms with Crippen molar-refractivity contribution in [3.8, 4) is 0 Å². The molecule has 0 bridgehead atoms. The van der Waals surface area contributed by atoms with Crippen LogP contribution < -0.4 is 5.73 Å². The first-order valence-corrected chi connectivity index (χ1v) is 8.36. The number of nitrogens with two attached hydrogens (primary N) is 1. The number of piperidine rings is 1. The van der Waals surface area contributed by atoms with Crippen molar-refractivity contribution in [2.24, 2.45) is 5.73 Å². The lowest BCUT2D eigenvalue weighted by atomic mass is 9.95. The summed E-state index contributed by atoms with van der Waals surface area (Å²) in [5.74, 6) is 0. The SMILES string of the molecule is CCN1CCC(N(C)C(c2cccc(Cl)c2)C(C)N)CC1. The standard InChI is InChI=1S/C17H28ClN3/c1-4-21-10-8-16(9-11-21)20(3)17(13(2)19)14-6-5-7-15(18)12-14/h5-7,12-13,16-17H,4,8-11,19H2,1-3H3. The van der Waals surface area contributed by atoms with E-state index in [0.29, 0.717) is 6.04 Å². The third kappa shape index (κ3) is 4.19. The van der Waals surface area contributed by atoms with Crippen LogP contribution in [-0.4, -0.2) is 48.6 Å². The fourth-order valence-corrected chi connectivity index (χ4v) is 3.67. The topological polar surface area (TPSA) is 32.5 Å². The van der Waals surface area contributed by atoms with Gasteiger partial charge in [0.1, 0.15) is 0 Å². The van der Waals surface area contributed by atoms with Crippen molar-refractivity contribution in [1.29, 1.82) is 0 Å². The molecule has 1 heterocycles. The minimum Gasteiger partial charge on any atom is -0.326 e. The molecule has 2 atom stereocenters. The second kappa shape index (κ2) is 7.59. The first-order valence-electron chi connectivity index (χ1n) is 7.98. The predicted molar refractivity (Wildman–Crippen MR) is 90.7 cm³/mol. The van der Waals surface area contributed by atoms with Gasteiger partial charge in [-0.1, -0.05) is 30.7 Å². The molecule has 1 aromatic carbocycles. The van der Waals surface area contributed by atoms with Gasteiger partial charge in [-0.3, -0.25) is 4.90 Å². The van der Waals surface area contributed by atoms with E-state index in [9.17, 15) is 0 Å². The molecule has 0 aromatic heterocycles. The molecule has 0 amide bonds. The van der Waals surface area contributed by atoms with E-state index < -0.39 is 0 Å². The minimum atomic E-state index is 0.0812. The Bertz CT molecular complexity index is 441. The summed E-state index contributed by atoms with van der Waals surface area (Å²) in [6, 6.07) is 9.02. The van der Waals surface area contributed by atoms with Crippen LogP contribution in [0.2, 0.25) is 5.02 Å². The third-order valence-corrected chi connectivity index (χ3v) is 4.94. The zero-order chi connectivity index (χ0) is 15.4. The molecule has 3 nitrogen and oxygen atoms in total. The summed E-state index contributed by atoms with van der Waals surface area (Å²) in [5.41, 5.74) is 7.50. The fraction of sp³-hybridized carbons (Fsp3) is 0.647. The molecule has 2 unspecified atom stereocenters. The number of hydrogen-bond donors (Lipinski definition) is 1. The van der Waals surface area contributed by atoms with E-state index in [1.165, 1.54) is 31.5 Å². The maximum atomic E-state index is 6.28. The van der Waals surface area contributed by atoms with Crippen LogP contribution >= 0.6 is 11.6 Å². The Morgan fingerprint density at radius 1 is 1.38 bits per heavy atom. The monoisotopic (exact) mass is 309 g/mol. The fourth-order valence-electron chi connectivity index (χ4n) is 3.47. The van der Waals surface area contributed by atoms with Crippen LogP contribution in [0.15, 0.2) is 24.3 Å². The van der Waals surface area contributed by atoms with Gasteiger partial charge < -0.3 is 10.6 Å². The highest BCUT2D eigenvalue weighted by Gasteiger charge is 2.29. The van der Waals surface area contributed by atoms with E-state index in [0.717, 1.165) is 11.6 Å². The Morgan fingerprint density at radius 2 is 2.05 bits per heavy atom. The number of rotatable bonds is 5. The van der Waals surface area contributed by atoms with E-state index in [2.05, 4.69) is 36.8 Å². The van der Waals surface area contributed by atoms with Crippen molar-refractivity contribution in [3.05, 3.63) is 34.9 Å². The van der Waals surface area contributed by atoms with E-state index in [4.69, 9.17) is 17.3 Å². The van der Waals surface area contributed by atoms with Gasteiger partial charge in [0.2, 0.25) is 0 Å². The van der Waals surface area contributed by atoms with Crippen LogP contribution in [0.5, 0.6) is 0 Å². The Kier molecular flexibility index (Phi) is 6.06. The average Bonchev–Trinajstić information content (AvgIpc) is 2.47. The van der Waals surface area contributed by atoms with E-state index in [1.54, 1.807) is 0 Å². The van der Waals surface area contributed by atoms with Crippen LogP contribution in [0.3, 0.4) is 0 Å². The minimum absolute atomic E-state index is 0.0812. The summed E-state index contributed by atoms with van der Waals surface area (Å²) in [6.07, 6.45) is 2.43. The summed E-state index contributed by atoms with van der Waals surface area (Å²) in [7, 11) is 2.21. The Balaban J connectivity index is 2.11. The number of halogens is 1. The maximum absolute atomic E-state index is 6.28. The van der Waals surface area contributed by atoms with Crippen LogP contribution in [0, 0.1) is 0 Å². The van der Waals surface area contributed by atoms with Gasteiger partial charge in [0, 0.05) is 23.1 Å². The second-order valence-electron chi connectivity index (χ2n) is 6.19. The molecular weight excluding hydrogens is 282 g/mol. The Hall–Kier alpha value is -0.610. The molecule has 1 aromatic rings. The molecule has 1 fully saturated rings. The van der Waals surface area contributed by atoms with Crippen LogP contribution in [0.25, 0.3) is 0 Å². The number of hydrogen-bond acceptors (Lipinski definition) is 3. The van der Waals surface area contributed by atoms with Gasteiger partial charge in [0.15, 0.2) is 0 Å². The zero-order valence-electron chi connectivity index (χ0n) is 13.4. The largest absolute Gasteiger partial charge is 0.326 e. The van der Waals surface area contributed by atoms with Crippen LogP contribution in [-0.2, 0) is 0 Å². The first-order chi connectivity index (χ1) is 10.0. The molecule has 0 aliphatic carbocycles. The highest BCUT2D eigenvalue weighted by Crippen LogP contribution is 2.29. The molecule has 2 rings (SSSR count). The van der Waals surface area contributed by atoms with Gasteiger partial charge in [-0.2, -0.15) is 0 Å². The molecule has 1 aliphatic heterocycles. The quantitative estimate of drug-likeness (QED) is 0.907. The van der Waals surface area contributed by atoms with Crippen LogP contribution in [0.1, 0.15) is 38.3 Å². The highest BCUT2D eigenvalue weighted by atomic mass is 35.5. The average molecular weight is 310 g/mol. The summed E-state index contributed by atoms with van der Waals surface area (Å²) in [6.45, 7) is 7.85. The Labute approximate surface area is 134 Å².